The van der Waals surface area contributed by atoms with Crippen molar-refractivity contribution >= 4 is 27.8 Å². The monoisotopic (exact) mass is 301 g/mol. The van der Waals surface area contributed by atoms with E-state index >= 15 is 0 Å². The molecule has 2 unspecified atom stereocenters. The fraction of sp³-hybridized carbons (Fsp3) is 0.455. The molecule has 17 heavy (non-hydrogen) atoms. The Hall–Kier alpha value is -1.30. The molecule has 1 aliphatic heterocycles. The molecular formula is C11H12BrNO4. The van der Waals surface area contributed by atoms with Crippen molar-refractivity contribution in [2.75, 3.05) is 6.54 Å². The molecule has 2 rings (SSSR count). The van der Waals surface area contributed by atoms with E-state index in [-0.39, 0.29) is 11.8 Å². The molecule has 0 saturated carbocycles. The smallest absolute Gasteiger partial charge is 0.326 e. The summed E-state index contributed by atoms with van der Waals surface area (Å²) in [7, 11) is 0. The minimum Gasteiger partial charge on any atom is -0.480 e. The molecule has 0 aromatic carbocycles. The zero-order chi connectivity index (χ0) is 12.6. The van der Waals surface area contributed by atoms with E-state index in [4.69, 9.17) is 9.52 Å². The van der Waals surface area contributed by atoms with Gasteiger partial charge in [0.15, 0.2) is 4.67 Å². The summed E-state index contributed by atoms with van der Waals surface area (Å²) < 4.78 is 5.33. The number of rotatable bonds is 2. The molecule has 1 amide bonds. The highest BCUT2D eigenvalue weighted by Crippen LogP contribution is 2.28. The van der Waals surface area contributed by atoms with Crippen LogP contribution in [0.5, 0.6) is 0 Å². The molecule has 5 nitrogen and oxygen atoms in total. The SMILES string of the molecule is CC1CCN(C(=O)c2ccoc2Br)C1C(=O)O. The quantitative estimate of drug-likeness (QED) is 0.907. The van der Waals surface area contributed by atoms with Crippen LogP contribution in [0.15, 0.2) is 21.4 Å². The first-order valence-corrected chi connectivity index (χ1v) is 6.08. The van der Waals surface area contributed by atoms with Crippen LogP contribution < -0.4 is 0 Å². The van der Waals surface area contributed by atoms with Gasteiger partial charge in [-0.15, -0.1) is 0 Å². The number of nitrogens with zero attached hydrogens (tertiary/aromatic N) is 1. The summed E-state index contributed by atoms with van der Waals surface area (Å²) in [5, 5.41) is 9.14. The molecule has 2 atom stereocenters. The summed E-state index contributed by atoms with van der Waals surface area (Å²) in [6.45, 7) is 2.31. The maximum absolute atomic E-state index is 12.2. The van der Waals surface area contributed by atoms with Gasteiger partial charge in [-0.1, -0.05) is 6.92 Å². The predicted octanol–water partition coefficient (Wildman–Crippen LogP) is 1.98. The predicted molar refractivity (Wildman–Crippen MR) is 62.6 cm³/mol. The van der Waals surface area contributed by atoms with E-state index in [1.807, 2.05) is 6.92 Å². The summed E-state index contributed by atoms with van der Waals surface area (Å²) >= 11 is 3.12. The van der Waals surface area contributed by atoms with Gasteiger partial charge in [0.05, 0.1) is 11.8 Å². The van der Waals surface area contributed by atoms with Gasteiger partial charge >= 0.3 is 5.97 Å². The standard InChI is InChI=1S/C11H12BrNO4/c1-6-2-4-13(8(6)11(15)16)10(14)7-3-5-17-9(7)12/h3,5-6,8H,2,4H2,1H3,(H,15,16). The number of carboxylic acid groups (broad SMARTS) is 1. The third-order valence-electron chi connectivity index (χ3n) is 3.06. The van der Waals surface area contributed by atoms with Crippen molar-refractivity contribution in [1.29, 1.82) is 0 Å². The fourth-order valence-corrected chi connectivity index (χ4v) is 2.56. The Kier molecular flexibility index (Phi) is 3.24. The van der Waals surface area contributed by atoms with Gasteiger partial charge in [-0.25, -0.2) is 4.79 Å². The zero-order valence-corrected chi connectivity index (χ0v) is 10.8. The van der Waals surface area contributed by atoms with E-state index in [1.165, 1.54) is 17.2 Å². The molecule has 6 heteroatoms. The number of furan rings is 1. The Balaban J connectivity index is 2.26. The van der Waals surface area contributed by atoms with Crippen LogP contribution >= 0.6 is 15.9 Å². The molecule has 0 radical (unpaired) electrons. The lowest BCUT2D eigenvalue weighted by atomic mass is 10.0. The van der Waals surface area contributed by atoms with E-state index in [0.29, 0.717) is 23.2 Å². The molecule has 1 aliphatic rings. The van der Waals surface area contributed by atoms with Crippen molar-refractivity contribution < 1.29 is 19.1 Å². The number of likely N-dealkylation sites (tertiary alicyclic amines) is 1. The summed E-state index contributed by atoms with van der Waals surface area (Å²) in [6, 6.07) is 0.790. The first-order valence-electron chi connectivity index (χ1n) is 5.29. The van der Waals surface area contributed by atoms with Crippen LogP contribution in [-0.2, 0) is 4.79 Å². The van der Waals surface area contributed by atoms with Gasteiger partial charge in [0.25, 0.3) is 5.91 Å². The van der Waals surface area contributed by atoms with Crippen molar-refractivity contribution in [3.8, 4) is 0 Å². The van der Waals surface area contributed by atoms with Crippen molar-refractivity contribution in [2.24, 2.45) is 5.92 Å². The van der Waals surface area contributed by atoms with Gasteiger partial charge in [0.2, 0.25) is 0 Å². The van der Waals surface area contributed by atoms with Crippen molar-refractivity contribution in [3.63, 3.8) is 0 Å². The number of halogens is 1. The zero-order valence-electron chi connectivity index (χ0n) is 9.22. The minimum absolute atomic E-state index is 0.0258. The molecule has 2 heterocycles. The summed E-state index contributed by atoms with van der Waals surface area (Å²) in [6.07, 6.45) is 2.10. The Morgan fingerprint density at radius 3 is 2.82 bits per heavy atom. The van der Waals surface area contributed by atoms with Crippen LogP contribution in [0.4, 0.5) is 0 Å². The minimum atomic E-state index is -0.956. The van der Waals surface area contributed by atoms with Crippen LogP contribution in [0, 0.1) is 5.92 Å². The Morgan fingerprint density at radius 1 is 1.59 bits per heavy atom. The highest BCUT2D eigenvalue weighted by Gasteiger charge is 2.40. The van der Waals surface area contributed by atoms with E-state index in [2.05, 4.69) is 15.9 Å². The van der Waals surface area contributed by atoms with Crippen LogP contribution in [0.3, 0.4) is 0 Å². The normalized spacial score (nSPS) is 24.0. The average Bonchev–Trinajstić information content (AvgIpc) is 2.83. The second-order valence-electron chi connectivity index (χ2n) is 4.16. The van der Waals surface area contributed by atoms with Gasteiger partial charge in [-0.05, 0) is 34.3 Å². The lowest BCUT2D eigenvalue weighted by Crippen LogP contribution is -2.42. The van der Waals surface area contributed by atoms with Gasteiger partial charge in [-0.2, -0.15) is 0 Å². The third-order valence-corrected chi connectivity index (χ3v) is 3.68. The lowest BCUT2D eigenvalue weighted by Gasteiger charge is -2.22. The Bertz CT molecular complexity index is 456. The number of hydrogen-bond acceptors (Lipinski definition) is 3. The van der Waals surface area contributed by atoms with Crippen LogP contribution in [-0.4, -0.2) is 34.5 Å². The van der Waals surface area contributed by atoms with Crippen molar-refractivity contribution in [3.05, 3.63) is 22.6 Å². The molecule has 1 fully saturated rings. The van der Waals surface area contributed by atoms with Crippen LogP contribution in [0.1, 0.15) is 23.7 Å². The van der Waals surface area contributed by atoms with Gasteiger partial charge in [-0.3, -0.25) is 4.79 Å². The molecule has 0 spiro atoms. The molecule has 1 saturated heterocycles. The number of carboxylic acids is 1. The summed E-state index contributed by atoms with van der Waals surface area (Å²) in [4.78, 5) is 24.7. The molecular weight excluding hydrogens is 290 g/mol. The topological polar surface area (TPSA) is 70.8 Å². The number of carbonyl (C=O) groups is 2. The van der Waals surface area contributed by atoms with Gasteiger partial charge in [0, 0.05) is 6.54 Å². The molecule has 92 valence electrons. The Labute approximate surface area is 107 Å². The van der Waals surface area contributed by atoms with Crippen LogP contribution in [0.25, 0.3) is 0 Å². The molecule has 1 aromatic heterocycles. The lowest BCUT2D eigenvalue weighted by molar-refractivity contribution is -0.142. The highest BCUT2D eigenvalue weighted by molar-refractivity contribution is 9.10. The number of amides is 1. The van der Waals surface area contributed by atoms with Crippen molar-refractivity contribution in [2.45, 2.75) is 19.4 Å². The Morgan fingerprint density at radius 2 is 2.29 bits per heavy atom. The van der Waals surface area contributed by atoms with Gasteiger partial charge in [0.1, 0.15) is 6.04 Å². The molecule has 0 aliphatic carbocycles. The second kappa shape index (κ2) is 4.52. The first-order chi connectivity index (χ1) is 8.02. The number of hydrogen-bond donors (Lipinski definition) is 1. The van der Waals surface area contributed by atoms with E-state index in [0.717, 1.165) is 0 Å². The second-order valence-corrected chi connectivity index (χ2v) is 4.88. The number of carbonyl (C=O) groups excluding carboxylic acids is 1. The average molecular weight is 302 g/mol. The van der Waals surface area contributed by atoms with E-state index in [9.17, 15) is 9.59 Å². The molecule has 1 N–H and O–H groups in total. The molecule has 0 bridgehead atoms. The largest absolute Gasteiger partial charge is 0.480 e. The molecule has 1 aromatic rings. The van der Waals surface area contributed by atoms with Crippen LogP contribution in [0.2, 0.25) is 0 Å². The first kappa shape index (κ1) is 12.2. The maximum Gasteiger partial charge on any atom is 0.326 e. The van der Waals surface area contributed by atoms with E-state index < -0.39 is 12.0 Å². The summed E-state index contributed by atoms with van der Waals surface area (Å²) in [5.41, 5.74) is 0.366. The summed E-state index contributed by atoms with van der Waals surface area (Å²) in [5.74, 6) is -1.28. The maximum atomic E-state index is 12.2. The van der Waals surface area contributed by atoms with E-state index in [1.54, 1.807) is 0 Å². The van der Waals surface area contributed by atoms with Crippen molar-refractivity contribution in [1.82, 2.24) is 4.90 Å². The van der Waals surface area contributed by atoms with Gasteiger partial charge < -0.3 is 14.4 Å². The fourth-order valence-electron chi connectivity index (χ4n) is 2.15. The number of aliphatic carboxylic acids is 1. The third kappa shape index (κ3) is 2.09. The highest BCUT2D eigenvalue weighted by atomic mass is 79.9.